The van der Waals surface area contributed by atoms with Crippen molar-refractivity contribution in [3.63, 3.8) is 0 Å². The van der Waals surface area contributed by atoms with Crippen molar-refractivity contribution in [3.8, 4) is 11.5 Å². The van der Waals surface area contributed by atoms with Crippen molar-refractivity contribution < 1.29 is 9.47 Å². The van der Waals surface area contributed by atoms with E-state index in [0.717, 1.165) is 27.4 Å². The fraction of sp³-hybridized carbons (Fsp3) is 0.188. The minimum absolute atomic E-state index is 0.672. The molecule has 0 aliphatic rings. The Morgan fingerprint density at radius 2 is 1.86 bits per heavy atom. The highest BCUT2D eigenvalue weighted by atomic mass is 35.5. The highest BCUT2D eigenvalue weighted by Crippen LogP contribution is 2.31. The van der Waals surface area contributed by atoms with Crippen molar-refractivity contribution in [2.75, 3.05) is 14.2 Å². The maximum atomic E-state index is 6.01. The number of imidazole rings is 1. The predicted molar refractivity (Wildman–Crippen MR) is 83.5 cm³/mol. The van der Waals surface area contributed by atoms with Gasteiger partial charge in [-0.15, -0.1) is 0 Å². The van der Waals surface area contributed by atoms with Crippen LogP contribution in [0.3, 0.4) is 0 Å². The van der Waals surface area contributed by atoms with Crippen molar-refractivity contribution in [1.29, 1.82) is 0 Å². The normalized spacial score (nSPS) is 10.8. The minimum atomic E-state index is 0.672. The Hall–Kier alpha value is -2.20. The molecule has 0 atom stereocenters. The van der Waals surface area contributed by atoms with E-state index < -0.39 is 0 Å². The Bertz CT molecular complexity index is 742. The first-order valence-electron chi connectivity index (χ1n) is 6.54. The van der Waals surface area contributed by atoms with E-state index >= 15 is 0 Å². The first-order valence-corrected chi connectivity index (χ1v) is 6.92. The van der Waals surface area contributed by atoms with Crippen molar-refractivity contribution >= 4 is 22.6 Å². The maximum absolute atomic E-state index is 6.01. The number of hydrogen-bond acceptors (Lipinski definition) is 3. The van der Waals surface area contributed by atoms with Gasteiger partial charge in [0.15, 0.2) is 11.5 Å². The molecule has 0 amide bonds. The van der Waals surface area contributed by atoms with Crippen LogP contribution in [-0.2, 0) is 6.42 Å². The highest BCUT2D eigenvalue weighted by molar-refractivity contribution is 6.30. The molecule has 0 saturated heterocycles. The minimum Gasteiger partial charge on any atom is -0.493 e. The van der Waals surface area contributed by atoms with Gasteiger partial charge in [-0.25, -0.2) is 4.98 Å². The Kier molecular flexibility index (Phi) is 3.71. The van der Waals surface area contributed by atoms with Crippen molar-refractivity contribution in [2.24, 2.45) is 0 Å². The molecule has 0 saturated carbocycles. The average Bonchev–Trinajstić information content (AvgIpc) is 2.86. The van der Waals surface area contributed by atoms with E-state index in [1.165, 1.54) is 0 Å². The Balaban J connectivity index is 1.97. The van der Waals surface area contributed by atoms with E-state index in [4.69, 9.17) is 21.1 Å². The quantitative estimate of drug-likeness (QED) is 0.797. The standard InChI is InChI=1S/C16H15ClN2O2/c1-20-14-8-12-13(9-15(14)21-2)19-16(18-12)7-10-4-3-5-11(17)6-10/h3-6,8-9H,7H2,1-2H3,(H,18,19). The molecule has 0 radical (unpaired) electrons. The number of methoxy groups -OCH3 is 2. The number of rotatable bonds is 4. The number of halogens is 1. The average molecular weight is 303 g/mol. The second kappa shape index (κ2) is 5.66. The van der Waals surface area contributed by atoms with Gasteiger partial charge in [-0.2, -0.15) is 0 Å². The fourth-order valence-electron chi connectivity index (χ4n) is 2.31. The van der Waals surface area contributed by atoms with Crippen LogP contribution in [0.5, 0.6) is 11.5 Å². The predicted octanol–water partition coefficient (Wildman–Crippen LogP) is 3.82. The molecule has 3 rings (SSSR count). The summed E-state index contributed by atoms with van der Waals surface area (Å²) in [4.78, 5) is 7.89. The van der Waals surface area contributed by atoms with E-state index in [-0.39, 0.29) is 0 Å². The number of fused-ring (bicyclic) bond motifs is 1. The molecule has 108 valence electrons. The molecule has 0 spiro atoms. The van der Waals surface area contributed by atoms with Gasteiger partial charge < -0.3 is 14.5 Å². The van der Waals surface area contributed by atoms with Gasteiger partial charge in [0.2, 0.25) is 0 Å². The van der Waals surface area contributed by atoms with Crippen LogP contribution in [-0.4, -0.2) is 24.2 Å². The van der Waals surface area contributed by atoms with Gasteiger partial charge in [-0.1, -0.05) is 23.7 Å². The molecule has 1 aromatic heterocycles. The lowest BCUT2D eigenvalue weighted by Gasteiger charge is -2.06. The van der Waals surface area contributed by atoms with Crippen molar-refractivity contribution in [3.05, 3.63) is 52.8 Å². The number of benzene rings is 2. The lowest BCUT2D eigenvalue weighted by atomic mass is 10.1. The zero-order chi connectivity index (χ0) is 14.8. The molecule has 3 aromatic rings. The van der Waals surface area contributed by atoms with Crippen LogP contribution >= 0.6 is 11.6 Å². The summed E-state index contributed by atoms with van der Waals surface area (Å²) in [6.07, 6.45) is 0.694. The van der Waals surface area contributed by atoms with E-state index in [0.29, 0.717) is 17.9 Å². The molecule has 21 heavy (non-hydrogen) atoms. The summed E-state index contributed by atoms with van der Waals surface area (Å²) in [6, 6.07) is 11.5. The topological polar surface area (TPSA) is 47.1 Å². The Labute approximate surface area is 127 Å². The number of nitrogens with one attached hydrogen (secondary N) is 1. The van der Waals surface area contributed by atoms with Gasteiger partial charge in [0.05, 0.1) is 25.3 Å². The molecule has 0 unspecified atom stereocenters. The van der Waals surface area contributed by atoms with E-state index in [1.807, 2.05) is 36.4 Å². The second-order valence-corrected chi connectivity index (χ2v) is 5.15. The van der Waals surface area contributed by atoms with E-state index in [2.05, 4.69) is 9.97 Å². The third kappa shape index (κ3) is 2.81. The molecular formula is C16H15ClN2O2. The lowest BCUT2D eigenvalue weighted by Crippen LogP contribution is -1.90. The van der Waals surface area contributed by atoms with Crippen LogP contribution in [0.1, 0.15) is 11.4 Å². The number of H-pyrrole nitrogens is 1. The second-order valence-electron chi connectivity index (χ2n) is 4.71. The smallest absolute Gasteiger partial charge is 0.163 e. The van der Waals surface area contributed by atoms with Gasteiger partial charge in [-0.3, -0.25) is 0 Å². The molecular weight excluding hydrogens is 288 g/mol. The zero-order valence-corrected chi connectivity index (χ0v) is 12.6. The summed E-state index contributed by atoms with van der Waals surface area (Å²) in [7, 11) is 3.23. The van der Waals surface area contributed by atoms with Crippen LogP contribution in [0.15, 0.2) is 36.4 Å². The number of hydrogen-bond donors (Lipinski definition) is 1. The highest BCUT2D eigenvalue weighted by Gasteiger charge is 2.10. The molecule has 4 nitrogen and oxygen atoms in total. The van der Waals surface area contributed by atoms with Gasteiger partial charge in [0.1, 0.15) is 5.82 Å². The molecule has 2 aromatic carbocycles. The number of aromatic amines is 1. The number of nitrogens with zero attached hydrogens (tertiary/aromatic N) is 1. The first kappa shape index (κ1) is 13.8. The van der Waals surface area contributed by atoms with Gasteiger partial charge in [0, 0.05) is 23.6 Å². The summed E-state index contributed by atoms with van der Waals surface area (Å²) >= 11 is 6.01. The van der Waals surface area contributed by atoms with Crippen molar-refractivity contribution in [1.82, 2.24) is 9.97 Å². The molecule has 1 heterocycles. The maximum Gasteiger partial charge on any atom is 0.163 e. The summed E-state index contributed by atoms with van der Waals surface area (Å²) in [5, 5.41) is 0.729. The Morgan fingerprint density at radius 3 is 2.57 bits per heavy atom. The zero-order valence-electron chi connectivity index (χ0n) is 11.8. The van der Waals surface area contributed by atoms with Gasteiger partial charge >= 0.3 is 0 Å². The van der Waals surface area contributed by atoms with Gasteiger partial charge in [-0.05, 0) is 17.7 Å². The van der Waals surface area contributed by atoms with Gasteiger partial charge in [0.25, 0.3) is 0 Å². The molecule has 1 N–H and O–H groups in total. The van der Waals surface area contributed by atoms with Crippen LogP contribution in [0.25, 0.3) is 11.0 Å². The van der Waals surface area contributed by atoms with E-state index in [9.17, 15) is 0 Å². The molecule has 5 heteroatoms. The summed E-state index contributed by atoms with van der Waals surface area (Å²) in [5.41, 5.74) is 2.88. The van der Waals surface area contributed by atoms with Crippen LogP contribution in [0, 0.1) is 0 Å². The molecule has 0 fully saturated rings. The van der Waals surface area contributed by atoms with Crippen LogP contribution in [0.4, 0.5) is 0 Å². The first-order chi connectivity index (χ1) is 10.2. The number of aromatic nitrogens is 2. The molecule has 0 aliphatic heterocycles. The van der Waals surface area contributed by atoms with Crippen molar-refractivity contribution in [2.45, 2.75) is 6.42 Å². The largest absolute Gasteiger partial charge is 0.493 e. The monoisotopic (exact) mass is 302 g/mol. The lowest BCUT2D eigenvalue weighted by molar-refractivity contribution is 0.356. The molecule has 0 aliphatic carbocycles. The third-order valence-electron chi connectivity index (χ3n) is 3.30. The fourth-order valence-corrected chi connectivity index (χ4v) is 2.53. The third-order valence-corrected chi connectivity index (χ3v) is 3.53. The van der Waals surface area contributed by atoms with Crippen LogP contribution < -0.4 is 9.47 Å². The number of ether oxygens (including phenoxy) is 2. The summed E-state index contributed by atoms with van der Waals surface area (Å²) in [5.74, 6) is 2.23. The summed E-state index contributed by atoms with van der Waals surface area (Å²) < 4.78 is 10.6. The molecule has 0 bridgehead atoms. The summed E-state index contributed by atoms with van der Waals surface area (Å²) in [6.45, 7) is 0. The Morgan fingerprint density at radius 1 is 1.10 bits per heavy atom. The SMILES string of the molecule is COc1cc2nc(Cc3cccc(Cl)c3)[nH]c2cc1OC. The van der Waals surface area contributed by atoms with E-state index in [1.54, 1.807) is 14.2 Å². The van der Waals surface area contributed by atoms with Crippen LogP contribution in [0.2, 0.25) is 5.02 Å².